The van der Waals surface area contributed by atoms with E-state index < -0.39 is 6.10 Å². The second kappa shape index (κ2) is 5.24. The van der Waals surface area contributed by atoms with Gasteiger partial charge in [0.1, 0.15) is 6.10 Å². The third kappa shape index (κ3) is 2.05. The van der Waals surface area contributed by atoms with E-state index in [1.165, 1.54) is 0 Å². The number of benzene rings is 3. The van der Waals surface area contributed by atoms with Crippen LogP contribution in [-0.2, 0) is 0 Å². The third-order valence-corrected chi connectivity index (χ3v) is 4.08. The molecule has 1 atom stereocenters. The Labute approximate surface area is 128 Å². The zero-order valence-electron chi connectivity index (χ0n) is 12.0. The molecule has 0 bridgehead atoms. The van der Waals surface area contributed by atoms with Crippen LogP contribution in [0.25, 0.3) is 21.5 Å². The fourth-order valence-electron chi connectivity index (χ4n) is 3.00. The predicted octanol–water partition coefficient (Wildman–Crippen LogP) is 4.47. The molecule has 0 aliphatic rings. The number of rotatable bonds is 2. The Morgan fingerprint density at radius 1 is 0.682 bits per heavy atom. The quantitative estimate of drug-likeness (QED) is 0.589. The highest BCUT2D eigenvalue weighted by atomic mass is 16.3. The second-order valence-electron chi connectivity index (χ2n) is 5.39. The first-order valence-electron chi connectivity index (χ1n) is 7.34. The smallest absolute Gasteiger partial charge is 0.122 e. The summed E-state index contributed by atoms with van der Waals surface area (Å²) in [6.07, 6.45) is 1.02. The summed E-state index contributed by atoms with van der Waals surface area (Å²) in [6.45, 7) is 0. The van der Waals surface area contributed by atoms with Crippen molar-refractivity contribution in [2.24, 2.45) is 0 Å². The Morgan fingerprint density at radius 3 is 2.14 bits per heavy atom. The molecule has 1 aromatic heterocycles. The SMILES string of the molecule is O[C@H](c1cccc2ccccc12)c1nccc2ccccc12. The highest BCUT2D eigenvalue weighted by Gasteiger charge is 2.17. The van der Waals surface area contributed by atoms with E-state index in [9.17, 15) is 5.11 Å². The Bertz CT molecular complexity index is 872. The summed E-state index contributed by atoms with van der Waals surface area (Å²) in [7, 11) is 0. The van der Waals surface area contributed by atoms with E-state index in [0.717, 1.165) is 27.1 Å². The maximum absolute atomic E-state index is 10.9. The fourth-order valence-corrected chi connectivity index (χ4v) is 3.00. The van der Waals surface area contributed by atoms with Crippen molar-refractivity contribution in [3.63, 3.8) is 0 Å². The molecule has 4 aromatic rings. The molecule has 0 fully saturated rings. The van der Waals surface area contributed by atoms with Gasteiger partial charge in [-0.05, 0) is 27.8 Å². The van der Waals surface area contributed by atoms with E-state index in [0.29, 0.717) is 5.69 Å². The Balaban J connectivity index is 1.94. The maximum Gasteiger partial charge on any atom is 0.122 e. The lowest BCUT2D eigenvalue weighted by atomic mass is 9.96. The van der Waals surface area contributed by atoms with E-state index in [1.54, 1.807) is 6.20 Å². The van der Waals surface area contributed by atoms with Gasteiger partial charge in [0.15, 0.2) is 0 Å². The van der Waals surface area contributed by atoms with E-state index >= 15 is 0 Å². The molecule has 0 aliphatic heterocycles. The van der Waals surface area contributed by atoms with E-state index in [-0.39, 0.29) is 0 Å². The molecule has 0 radical (unpaired) electrons. The molecule has 0 spiro atoms. The van der Waals surface area contributed by atoms with Crippen molar-refractivity contribution in [1.82, 2.24) is 4.98 Å². The van der Waals surface area contributed by atoms with Gasteiger partial charge in [0, 0.05) is 11.6 Å². The second-order valence-corrected chi connectivity index (χ2v) is 5.39. The fraction of sp³-hybridized carbons (Fsp3) is 0.0500. The highest BCUT2D eigenvalue weighted by Crippen LogP contribution is 2.31. The van der Waals surface area contributed by atoms with E-state index in [4.69, 9.17) is 0 Å². The number of aliphatic hydroxyl groups is 1. The van der Waals surface area contributed by atoms with Gasteiger partial charge in [-0.25, -0.2) is 0 Å². The molecule has 3 aromatic carbocycles. The summed E-state index contributed by atoms with van der Waals surface area (Å²) >= 11 is 0. The van der Waals surface area contributed by atoms with Crippen LogP contribution in [0.2, 0.25) is 0 Å². The normalized spacial score (nSPS) is 12.6. The standard InChI is InChI=1S/C20H15NO/c22-20(18-11-5-8-14-6-1-3-9-16(14)18)19-17-10-4-2-7-15(17)12-13-21-19/h1-13,20,22H/t20-/m1/s1. The molecule has 2 nitrogen and oxygen atoms in total. The van der Waals surface area contributed by atoms with Crippen LogP contribution in [0.4, 0.5) is 0 Å². The van der Waals surface area contributed by atoms with Crippen LogP contribution < -0.4 is 0 Å². The van der Waals surface area contributed by atoms with Crippen molar-refractivity contribution < 1.29 is 5.11 Å². The first-order chi connectivity index (χ1) is 10.8. The minimum atomic E-state index is -0.739. The molecule has 0 aliphatic carbocycles. The van der Waals surface area contributed by atoms with Gasteiger partial charge in [0.05, 0.1) is 5.69 Å². The number of hydrogen-bond acceptors (Lipinski definition) is 2. The minimum absolute atomic E-state index is 0.703. The number of aromatic nitrogens is 1. The van der Waals surface area contributed by atoms with E-state index in [1.807, 2.05) is 60.7 Å². The predicted molar refractivity (Wildman–Crippen MR) is 89.8 cm³/mol. The summed E-state index contributed by atoms with van der Waals surface area (Å²) in [5.41, 5.74) is 1.59. The molecule has 106 valence electrons. The van der Waals surface area contributed by atoms with Gasteiger partial charge in [-0.15, -0.1) is 0 Å². The van der Waals surface area contributed by atoms with Crippen LogP contribution in [0.5, 0.6) is 0 Å². The Morgan fingerprint density at radius 2 is 1.32 bits per heavy atom. The van der Waals surface area contributed by atoms with Crippen molar-refractivity contribution >= 4 is 21.5 Å². The van der Waals surface area contributed by atoms with Crippen LogP contribution >= 0.6 is 0 Å². The van der Waals surface area contributed by atoms with Crippen LogP contribution in [0, 0.1) is 0 Å². The average molecular weight is 285 g/mol. The molecule has 0 saturated heterocycles. The molecule has 2 heteroatoms. The zero-order chi connectivity index (χ0) is 14.9. The lowest BCUT2D eigenvalue weighted by Gasteiger charge is -2.15. The number of fused-ring (bicyclic) bond motifs is 2. The first-order valence-corrected chi connectivity index (χ1v) is 7.34. The monoisotopic (exact) mass is 285 g/mol. The maximum atomic E-state index is 10.9. The summed E-state index contributed by atoms with van der Waals surface area (Å²) < 4.78 is 0. The molecule has 0 saturated carbocycles. The lowest BCUT2D eigenvalue weighted by Crippen LogP contribution is -2.04. The van der Waals surface area contributed by atoms with Gasteiger partial charge in [0.2, 0.25) is 0 Å². The van der Waals surface area contributed by atoms with Gasteiger partial charge in [-0.1, -0.05) is 66.7 Å². The number of nitrogens with zero attached hydrogens (tertiary/aromatic N) is 1. The first kappa shape index (κ1) is 13.0. The van der Waals surface area contributed by atoms with Gasteiger partial charge >= 0.3 is 0 Å². The van der Waals surface area contributed by atoms with Crippen molar-refractivity contribution in [1.29, 1.82) is 0 Å². The number of aliphatic hydroxyl groups excluding tert-OH is 1. The van der Waals surface area contributed by atoms with Crippen LogP contribution in [0.15, 0.2) is 79.0 Å². The molecule has 1 heterocycles. The van der Waals surface area contributed by atoms with Crippen molar-refractivity contribution in [3.8, 4) is 0 Å². The van der Waals surface area contributed by atoms with Gasteiger partial charge in [0.25, 0.3) is 0 Å². The topological polar surface area (TPSA) is 33.1 Å². The zero-order valence-corrected chi connectivity index (χ0v) is 12.0. The number of pyridine rings is 1. The molecular weight excluding hydrogens is 270 g/mol. The largest absolute Gasteiger partial charge is 0.382 e. The number of hydrogen-bond donors (Lipinski definition) is 1. The van der Waals surface area contributed by atoms with Gasteiger partial charge in [-0.3, -0.25) is 4.98 Å². The molecule has 0 amide bonds. The molecular formula is C20H15NO. The Kier molecular flexibility index (Phi) is 3.10. The summed E-state index contributed by atoms with van der Waals surface area (Å²) in [4.78, 5) is 4.44. The molecule has 1 N–H and O–H groups in total. The molecule has 22 heavy (non-hydrogen) atoms. The molecule has 4 rings (SSSR count). The van der Waals surface area contributed by atoms with Crippen LogP contribution in [0.3, 0.4) is 0 Å². The molecule has 0 unspecified atom stereocenters. The summed E-state index contributed by atoms with van der Waals surface area (Å²) in [6, 6.07) is 24.1. The minimum Gasteiger partial charge on any atom is -0.382 e. The third-order valence-electron chi connectivity index (χ3n) is 4.08. The van der Waals surface area contributed by atoms with Crippen molar-refractivity contribution in [2.75, 3.05) is 0 Å². The lowest BCUT2D eigenvalue weighted by molar-refractivity contribution is 0.218. The van der Waals surface area contributed by atoms with Crippen molar-refractivity contribution in [3.05, 3.63) is 90.3 Å². The van der Waals surface area contributed by atoms with Crippen molar-refractivity contribution in [2.45, 2.75) is 6.10 Å². The Hall–Kier alpha value is -2.71. The summed E-state index contributed by atoms with van der Waals surface area (Å²) in [5, 5.41) is 15.2. The van der Waals surface area contributed by atoms with Gasteiger partial charge < -0.3 is 5.11 Å². The van der Waals surface area contributed by atoms with Gasteiger partial charge in [-0.2, -0.15) is 0 Å². The summed E-state index contributed by atoms with van der Waals surface area (Å²) in [5.74, 6) is 0. The highest BCUT2D eigenvalue weighted by molar-refractivity contribution is 5.88. The van der Waals surface area contributed by atoms with E-state index in [2.05, 4.69) is 17.1 Å². The van der Waals surface area contributed by atoms with Crippen LogP contribution in [-0.4, -0.2) is 10.1 Å². The van der Waals surface area contributed by atoms with Crippen LogP contribution in [0.1, 0.15) is 17.4 Å². The average Bonchev–Trinajstić information content (AvgIpc) is 2.60.